The third-order valence-corrected chi connectivity index (χ3v) is 5.38. The first-order valence-corrected chi connectivity index (χ1v) is 9.26. The van der Waals surface area contributed by atoms with Crippen molar-refractivity contribution in [1.29, 1.82) is 0 Å². The monoisotopic (exact) mass is 338 g/mol. The molecule has 1 saturated heterocycles. The van der Waals surface area contributed by atoms with Crippen molar-refractivity contribution in [2.75, 3.05) is 13.1 Å². The van der Waals surface area contributed by atoms with Gasteiger partial charge in [-0.05, 0) is 52.3 Å². The van der Waals surface area contributed by atoms with E-state index >= 15 is 0 Å². The minimum absolute atomic E-state index is 0.378. The predicted octanol–water partition coefficient (Wildman–Crippen LogP) is 4.04. The Kier molecular flexibility index (Phi) is 4.34. The topological polar surface area (TPSA) is 47.1 Å². The van der Waals surface area contributed by atoms with Crippen LogP contribution in [0.2, 0.25) is 0 Å². The van der Waals surface area contributed by atoms with E-state index in [1.165, 1.54) is 17.7 Å². The number of piperidine rings is 1. The van der Waals surface area contributed by atoms with Crippen LogP contribution in [0.5, 0.6) is 0 Å². The van der Waals surface area contributed by atoms with Gasteiger partial charge in [0, 0.05) is 36.8 Å². The number of nitrogens with zero attached hydrogens (tertiary/aromatic N) is 4. The zero-order chi connectivity index (χ0) is 17.4. The van der Waals surface area contributed by atoms with E-state index in [1.54, 1.807) is 0 Å². The molecule has 1 atom stereocenters. The van der Waals surface area contributed by atoms with Crippen LogP contribution in [0.15, 0.2) is 28.7 Å². The molecule has 0 radical (unpaired) electrons. The number of para-hydroxylation sites is 2. The summed E-state index contributed by atoms with van der Waals surface area (Å²) in [5.74, 6) is 1.27. The van der Waals surface area contributed by atoms with E-state index in [-0.39, 0.29) is 0 Å². The lowest BCUT2D eigenvalue weighted by Crippen LogP contribution is -2.34. The number of aryl methyl sites for hydroxylation is 2. The number of likely N-dealkylation sites (tertiary alicyclic amines) is 1. The molecule has 1 aliphatic heterocycles. The molecule has 1 unspecified atom stereocenters. The van der Waals surface area contributed by atoms with E-state index < -0.39 is 0 Å². The van der Waals surface area contributed by atoms with E-state index in [4.69, 9.17) is 9.40 Å². The van der Waals surface area contributed by atoms with Crippen molar-refractivity contribution in [3.05, 3.63) is 47.1 Å². The summed E-state index contributed by atoms with van der Waals surface area (Å²) in [6.45, 7) is 10.5. The second-order valence-corrected chi connectivity index (χ2v) is 7.06. The van der Waals surface area contributed by atoms with Crippen LogP contribution in [0, 0.1) is 13.8 Å². The smallest absolute Gasteiger partial charge is 0.199 e. The van der Waals surface area contributed by atoms with Gasteiger partial charge in [-0.2, -0.15) is 5.10 Å². The minimum atomic E-state index is 0.378. The van der Waals surface area contributed by atoms with Crippen molar-refractivity contribution in [2.45, 2.75) is 52.6 Å². The summed E-state index contributed by atoms with van der Waals surface area (Å²) < 4.78 is 8.12. The maximum absolute atomic E-state index is 6.02. The Labute approximate surface area is 148 Å². The molecule has 1 fully saturated rings. The molecule has 0 N–H and O–H groups in total. The highest BCUT2D eigenvalue weighted by molar-refractivity contribution is 5.72. The molecule has 132 valence electrons. The fraction of sp³-hybridized carbons (Fsp3) is 0.500. The first kappa shape index (κ1) is 16.3. The zero-order valence-corrected chi connectivity index (χ0v) is 15.3. The number of oxazole rings is 1. The molecule has 0 bridgehead atoms. The highest BCUT2D eigenvalue weighted by Crippen LogP contribution is 2.30. The van der Waals surface area contributed by atoms with Gasteiger partial charge in [-0.1, -0.05) is 12.1 Å². The Morgan fingerprint density at radius 2 is 2.08 bits per heavy atom. The Morgan fingerprint density at radius 3 is 2.84 bits per heavy atom. The van der Waals surface area contributed by atoms with Gasteiger partial charge >= 0.3 is 0 Å². The molecule has 5 nitrogen and oxygen atoms in total. The van der Waals surface area contributed by atoms with E-state index in [0.717, 1.165) is 55.3 Å². The predicted molar refractivity (Wildman–Crippen MR) is 98.6 cm³/mol. The first-order valence-electron chi connectivity index (χ1n) is 9.26. The summed E-state index contributed by atoms with van der Waals surface area (Å²) in [7, 11) is 0. The second kappa shape index (κ2) is 6.64. The summed E-state index contributed by atoms with van der Waals surface area (Å²) in [6, 6.07) is 8.03. The molecule has 5 heteroatoms. The SMILES string of the molecule is CCn1nc(C)c(CN2CCCC(c3nc4ccccc4o3)C2)c1C. The molecular weight excluding hydrogens is 312 g/mol. The zero-order valence-electron chi connectivity index (χ0n) is 15.3. The van der Waals surface area contributed by atoms with Crippen molar-refractivity contribution < 1.29 is 4.42 Å². The molecule has 2 aromatic heterocycles. The van der Waals surface area contributed by atoms with E-state index in [9.17, 15) is 0 Å². The average molecular weight is 338 g/mol. The number of aromatic nitrogens is 3. The highest BCUT2D eigenvalue weighted by atomic mass is 16.3. The van der Waals surface area contributed by atoms with Crippen molar-refractivity contribution in [2.24, 2.45) is 0 Å². The van der Waals surface area contributed by atoms with Crippen LogP contribution < -0.4 is 0 Å². The lowest BCUT2D eigenvalue weighted by atomic mass is 9.97. The standard InChI is InChI=1S/C20H26N4O/c1-4-24-15(3)17(14(2)22-24)13-23-11-7-8-16(12-23)20-21-18-9-5-6-10-19(18)25-20/h5-6,9-10,16H,4,7-8,11-13H2,1-3H3. The maximum Gasteiger partial charge on any atom is 0.199 e. The molecule has 4 rings (SSSR count). The van der Waals surface area contributed by atoms with Gasteiger partial charge in [0.2, 0.25) is 0 Å². The Hall–Kier alpha value is -2.14. The molecule has 1 aliphatic rings. The lowest BCUT2D eigenvalue weighted by Gasteiger charge is -2.31. The van der Waals surface area contributed by atoms with Crippen LogP contribution in [-0.2, 0) is 13.1 Å². The van der Waals surface area contributed by atoms with Gasteiger partial charge in [0.25, 0.3) is 0 Å². The van der Waals surface area contributed by atoms with Crippen molar-refractivity contribution >= 4 is 11.1 Å². The minimum Gasteiger partial charge on any atom is -0.440 e. The number of fused-ring (bicyclic) bond motifs is 1. The van der Waals surface area contributed by atoms with Crippen LogP contribution in [0.1, 0.15) is 48.5 Å². The fourth-order valence-electron chi connectivity index (χ4n) is 3.96. The molecular formula is C20H26N4O. The summed E-state index contributed by atoms with van der Waals surface area (Å²) in [5, 5.41) is 4.66. The molecule has 0 spiro atoms. The Bertz CT molecular complexity index is 846. The van der Waals surface area contributed by atoms with Gasteiger partial charge in [-0.3, -0.25) is 9.58 Å². The molecule has 25 heavy (non-hydrogen) atoms. The van der Waals surface area contributed by atoms with Crippen LogP contribution in [0.25, 0.3) is 11.1 Å². The summed E-state index contributed by atoms with van der Waals surface area (Å²) in [4.78, 5) is 7.25. The number of hydrogen-bond donors (Lipinski definition) is 0. The largest absolute Gasteiger partial charge is 0.440 e. The van der Waals surface area contributed by atoms with Crippen LogP contribution in [0.3, 0.4) is 0 Å². The van der Waals surface area contributed by atoms with Crippen LogP contribution in [-0.4, -0.2) is 32.8 Å². The van der Waals surface area contributed by atoms with E-state index in [0.29, 0.717) is 5.92 Å². The Morgan fingerprint density at radius 1 is 1.24 bits per heavy atom. The van der Waals surface area contributed by atoms with Gasteiger partial charge in [-0.15, -0.1) is 0 Å². The van der Waals surface area contributed by atoms with E-state index in [1.807, 2.05) is 24.3 Å². The molecule has 0 aliphatic carbocycles. The first-order chi connectivity index (χ1) is 12.2. The van der Waals surface area contributed by atoms with Gasteiger partial charge in [0.15, 0.2) is 11.5 Å². The summed E-state index contributed by atoms with van der Waals surface area (Å²) in [5.41, 5.74) is 5.68. The van der Waals surface area contributed by atoms with Crippen molar-refractivity contribution in [3.63, 3.8) is 0 Å². The Balaban J connectivity index is 1.52. The molecule has 1 aromatic carbocycles. The normalized spacial score (nSPS) is 18.9. The average Bonchev–Trinajstić information content (AvgIpc) is 3.18. The van der Waals surface area contributed by atoms with Gasteiger partial charge in [0.05, 0.1) is 5.69 Å². The fourth-order valence-corrected chi connectivity index (χ4v) is 3.96. The van der Waals surface area contributed by atoms with Crippen LogP contribution in [0.4, 0.5) is 0 Å². The van der Waals surface area contributed by atoms with Crippen molar-refractivity contribution in [3.8, 4) is 0 Å². The second-order valence-electron chi connectivity index (χ2n) is 7.06. The van der Waals surface area contributed by atoms with Gasteiger partial charge < -0.3 is 4.42 Å². The van der Waals surface area contributed by atoms with E-state index in [2.05, 4.69) is 35.5 Å². The third-order valence-electron chi connectivity index (χ3n) is 5.38. The highest BCUT2D eigenvalue weighted by Gasteiger charge is 2.26. The molecule has 3 aromatic rings. The number of hydrogen-bond acceptors (Lipinski definition) is 4. The number of benzene rings is 1. The molecule has 3 heterocycles. The lowest BCUT2D eigenvalue weighted by molar-refractivity contribution is 0.186. The summed E-state index contributed by atoms with van der Waals surface area (Å²) in [6.07, 6.45) is 2.33. The molecule has 0 amide bonds. The third kappa shape index (κ3) is 3.09. The van der Waals surface area contributed by atoms with Crippen LogP contribution >= 0.6 is 0 Å². The number of rotatable bonds is 4. The van der Waals surface area contributed by atoms with Gasteiger partial charge in [-0.25, -0.2) is 4.98 Å². The van der Waals surface area contributed by atoms with Gasteiger partial charge in [0.1, 0.15) is 5.52 Å². The summed E-state index contributed by atoms with van der Waals surface area (Å²) >= 11 is 0. The quantitative estimate of drug-likeness (QED) is 0.720. The maximum atomic E-state index is 6.02. The van der Waals surface area contributed by atoms with Crippen molar-refractivity contribution in [1.82, 2.24) is 19.7 Å². The molecule has 0 saturated carbocycles.